The Hall–Kier alpha value is -0.760. The number of allylic oxidation sites excluding steroid dienone is 3. The van der Waals surface area contributed by atoms with E-state index in [0.29, 0.717) is 0 Å². The zero-order valence-corrected chi connectivity index (χ0v) is 10.3. The van der Waals surface area contributed by atoms with Gasteiger partial charge in [-0.1, -0.05) is 25.5 Å². The molecule has 1 N–H and O–H groups in total. The van der Waals surface area contributed by atoms with Crippen LogP contribution in [0.5, 0.6) is 0 Å². The molecule has 2 nitrogen and oxygen atoms in total. The summed E-state index contributed by atoms with van der Waals surface area (Å²) >= 11 is 0. The van der Waals surface area contributed by atoms with E-state index >= 15 is 0 Å². The number of rotatable bonds is 0. The van der Waals surface area contributed by atoms with Crippen molar-refractivity contribution in [1.29, 1.82) is 0 Å². The third-order valence-electron chi connectivity index (χ3n) is 1.55. The van der Waals surface area contributed by atoms with Crippen molar-refractivity contribution >= 4 is 18.7 Å². The van der Waals surface area contributed by atoms with Gasteiger partial charge in [0.15, 0.2) is 0 Å². The number of aliphatic imine (C=N–C) groups is 1. The van der Waals surface area contributed by atoms with Gasteiger partial charge in [-0.3, -0.25) is 4.99 Å². The Morgan fingerprint density at radius 3 is 2.64 bits per heavy atom. The Labute approximate surface area is 95.1 Å². The quantitative estimate of drug-likeness (QED) is 0.661. The van der Waals surface area contributed by atoms with E-state index < -0.39 is 0 Å². The summed E-state index contributed by atoms with van der Waals surface area (Å²) in [5.41, 5.74) is 2.45. The van der Waals surface area contributed by atoms with Gasteiger partial charge >= 0.3 is 0 Å². The lowest BCUT2D eigenvalue weighted by molar-refractivity contribution is 0.997. The van der Waals surface area contributed by atoms with Gasteiger partial charge in [-0.25, -0.2) is 0 Å². The van der Waals surface area contributed by atoms with Gasteiger partial charge in [-0.15, -0.1) is 12.4 Å². The van der Waals surface area contributed by atoms with E-state index in [4.69, 9.17) is 0 Å². The molecule has 1 aliphatic rings. The zero-order chi connectivity index (χ0) is 10.1. The molecule has 0 unspecified atom stereocenters. The minimum atomic E-state index is 0. The molecule has 0 bridgehead atoms. The Bertz CT molecular complexity index is 223. The predicted molar refractivity (Wildman–Crippen MR) is 69.3 cm³/mol. The third-order valence-corrected chi connectivity index (χ3v) is 1.55. The topological polar surface area (TPSA) is 24.4 Å². The standard InChI is InChI=1S/C9H14N2.C2H6.ClH.H2/c1-8-4-3-5-10-7-11-9(2)6-8;1-2;;/h4,6-7H,3,5H2,1-2H3,(H,10,11);1-2H3;2*1H/b8-4+,9-6-;;;. The molecule has 0 amide bonds. The van der Waals surface area contributed by atoms with Crippen LogP contribution in [0.4, 0.5) is 0 Å². The first-order valence-electron chi connectivity index (χ1n) is 4.89. The van der Waals surface area contributed by atoms with Crippen molar-refractivity contribution in [3.8, 4) is 0 Å². The SMILES string of the molecule is C/C1=C/C(C)=C/CCN=CN1.CC.Cl.[HH]. The molecule has 0 aliphatic carbocycles. The van der Waals surface area contributed by atoms with E-state index in [2.05, 4.69) is 29.4 Å². The molecule has 1 aliphatic heterocycles. The van der Waals surface area contributed by atoms with Gasteiger partial charge in [0.05, 0.1) is 6.34 Å². The third kappa shape index (κ3) is 7.87. The largest absolute Gasteiger partial charge is 0.350 e. The summed E-state index contributed by atoms with van der Waals surface area (Å²) in [6.45, 7) is 9.02. The van der Waals surface area contributed by atoms with Crippen molar-refractivity contribution in [2.24, 2.45) is 4.99 Å². The van der Waals surface area contributed by atoms with Crippen LogP contribution in [-0.4, -0.2) is 12.9 Å². The molecular weight excluding hydrogens is 196 g/mol. The van der Waals surface area contributed by atoms with Crippen LogP contribution < -0.4 is 5.32 Å². The molecule has 0 saturated heterocycles. The van der Waals surface area contributed by atoms with E-state index in [9.17, 15) is 0 Å². The highest BCUT2D eigenvalue weighted by molar-refractivity contribution is 5.85. The zero-order valence-electron chi connectivity index (χ0n) is 9.50. The normalized spacial score (nSPS) is 22.6. The summed E-state index contributed by atoms with van der Waals surface area (Å²) in [7, 11) is 0. The van der Waals surface area contributed by atoms with Crippen molar-refractivity contribution in [1.82, 2.24) is 5.32 Å². The molecule has 0 aromatic rings. The summed E-state index contributed by atoms with van der Waals surface area (Å²) in [5.74, 6) is 0. The molecule has 84 valence electrons. The van der Waals surface area contributed by atoms with Crippen molar-refractivity contribution in [2.75, 3.05) is 6.54 Å². The Morgan fingerprint density at radius 2 is 2.00 bits per heavy atom. The van der Waals surface area contributed by atoms with E-state index in [-0.39, 0.29) is 13.8 Å². The van der Waals surface area contributed by atoms with Crippen LogP contribution in [-0.2, 0) is 0 Å². The maximum atomic E-state index is 4.15. The molecule has 1 heterocycles. The fourth-order valence-corrected chi connectivity index (χ4v) is 1.02. The van der Waals surface area contributed by atoms with E-state index in [1.807, 2.05) is 20.8 Å². The van der Waals surface area contributed by atoms with Gasteiger partial charge in [0.25, 0.3) is 0 Å². The van der Waals surface area contributed by atoms with Crippen LogP contribution in [0.25, 0.3) is 0 Å². The number of halogens is 1. The Balaban J connectivity index is -0.000000339. The first-order chi connectivity index (χ1) is 6.29. The molecule has 0 saturated carbocycles. The molecule has 0 atom stereocenters. The molecule has 0 spiro atoms. The lowest BCUT2D eigenvalue weighted by Crippen LogP contribution is -2.07. The minimum Gasteiger partial charge on any atom is -0.350 e. The van der Waals surface area contributed by atoms with Gasteiger partial charge in [0, 0.05) is 13.7 Å². The number of nitrogens with zero attached hydrogens (tertiary/aromatic N) is 1. The maximum Gasteiger partial charge on any atom is 0.0865 e. The molecule has 0 fully saturated rings. The lowest BCUT2D eigenvalue weighted by Gasteiger charge is -1.97. The Morgan fingerprint density at radius 1 is 1.36 bits per heavy atom. The van der Waals surface area contributed by atoms with Crippen LogP contribution >= 0.6 is 12.4 Å². The molecular formula is C11H23ClN2. The first-order valence-corrected chi connectivity index (χ1v) is 4.89. The van der Waals surface area contributed by atoms with Crippen molar-refractivity contribution in [2.45, 2.75) is 34.1 Å². The van der Waals surface area contributed by atoms with Crippen molar-refractivity contribution in [3.63, 3.8) is 0 Å². The second-order valence-corrected chi connectivity index (χ2v) is 2.74. The van der Waals surface area contributed by atoms with Gasteiger partial charge in [-0.05, 0) is 26.3 Å². The second kappa shape index (κ2) is 10.3. The predicted octanol–water partition coefficient (Wildman–Crippen LogP) is 3.55. The van der Waals surface area contributed by atoms with E-state index in [1.54, 1.807) is 6.34 Å². The highest BCUT2D eigenvalue weighted by Crippen LogP contribution is 2.01. The Kier molecular flexibility index (Phi) is 11.6. The fraction of sp³-hybridized carbons (Fsp3) is 0.545. The summed E-state index contributed by atoms with van der Waals surface area (Å²) < 4.78 is 0. The van der Waals surface area contributed by atoms with Gasteiger partial charge in [-0.2, -0.15) is 0 Å². The lowest BCUT2D eigenvalue weighted by atomic mass is 10.2. The van der Waals surface area contributed by atoms with Crippen molar-refractivity contribution < 1.29 is 1.43 Å². The van der Waals surface area contributed by atoms with Crippen LogP contribution in [0.15, 0.2) is 28.4 Å². The maximum absolute atomic E-state index is 4.15. The van der Waals surface area contributed by atoms with Crippen LogP contribution in [0, 0.1) is 0 Å². The van der Waals surface area contributed by atoms with E-state index in [1.165, 1.54) is 5.57 Å². The first kappa shape index (κ1) is 15.7. The smallest absolute Gasteiger partial charge is 0.0865 e. The molecule has 1 rings (SSSR count). The fourth-order valence-electron chi connectivity index (χ4n) is 1.02. The average molecular weight is 219 g/mol. The van der Waals surface area contributed by atoms with E-state index in [0.717, 1.165) is 18.7 Å². The van der Waals surface area contributed by atoms with Crippen molar-refractivity contribution in [3.05, 3.63) is 23.4 Å². The second-order valence-electron chi connectivity index (χ2n) is 2.74. The summed E-state index contributed by atoms with van der Waals surface area (Å²) in [6, 6.07) is 0. The highest BCUT2D eigenvalue weighted by atomic mass is 35.5. The molecule has 0 aromatic heterocycles. The monoisotopic (exact) mass is 218 g/mol. The van der Waals surface area contributed by atoms with Gasteiger partial charge in [0.2, 0.25) is 0 Å². The summed E-state index contributed by atoms with van der Waals surface area (Å²) in [6.07, 6.45) is 7.12. The van der Waals surface area contributed by atoms with Crippen LogP contribution in [0.2, 0.25) is 0 Å². The van der Waals surface area contributed by atoms with Gasteiger partial charge < -0.3 is 5.32 Å². The van der Waals surface area contributed by atoms with Crippen LogP contribution in [0.3, 0.4) is 0 Å². The van der Waals surface area contributed by atoms with Gasteiger partial charge in [0.1, 0.15) is 0 Å². The average Bonchev–Trinajstić information content (AvgIpc) is 2.21. The number of hydrogen-bond acceptors (Lipinski definition) is 2. The molecule has 0 aromatic carbocycles. The molecule has 14 heavy (non-hydrogen) atoms. The highest BCUT2D eigenvalue weighted by Gasteiger charge is 1.89. The number of nitrogens with one attached hydrogen (secondary N) is 1. The molecule has 3 heteroatoms. The minimum absolute atomic E-state index is 0. The number of hydrogen-bond donors (Lipinski definition) is 1. The molecule has 0 radical (unpaired) electrons. The summed E-state index contributed by atoms with van der Waals surface area (Å²) in [4.78, 5) is 4.15. The van der Waals surface area contributed by atoms with Crippen LogP contribution in [0.1, 0.15) is 35.5 Å². The summed E-state index contributed by atoms with van der Waals surface area (Å²) in [5, 5.41) is 3.08.